The van der Waals surface area contributed by atoms with Gasteiger partial charge in [0.25, 0.3) is 0 Å². The Kier molecular flexibility index (Phi) is 6.10. The normalized spacial score (nSPS) is 11.7. The summed E-state index contributed by atoms with van der Waals surface area (Å²) >= 11 is 0. The molecule has 1 aromatic carbocycles. The summed E-state index contributed by atoms with van der Waals surface area (Å²) in [6, 6.07) is 6.68. The predicted octanol–water partition coefficient (Wildman–Crippen LogP) is 3.76. The number of fused-ring (bicyclic) bond motifs is 1. The minimum atomic E-state index is -0.504. The van der Waals surface area contributed by atoms with Gasteiger partial charge in [-0.1, -0.05) is 32.0 Å². The zero-order valence-electron chi connectivity index (χ0n) is 18.5. The highest BCUT2D eigenvalue weighted by atomic mass is 19.1. The monoisotopic (exact) mass is 412 g/mol. The molecule has 2 heterocycles. The molecule has 0 aliphatic heterocycles. The van der Waals surface area contributed by atoms with E-state index in [1.807, 2.05) is 40.8 Å². The maximum absolute atomic E-state index is 14.1. The third kappa shape index (κ3) is 4.15. The standard InChI is InChI=1S/C23H29FN4O2/c1-14-16(15(2)26-21-20(14)22(30-6)27-28(21)5)11-12-19(29)25-13-23(3,4)17-9-7-8-10-18(17)24/h7-10H,11-13H2,1-6H3,(H,25,29). The fraction of sp³-hybridized carbons (Fsp3) is 0.435. The van der Waals surface area contributed by atoms with Crippen molar-refractivity contribution in [2.75, 3.05) is 13.7 Å². The number of nitrogens with zero attached hydrogens (tertiary/aromatic N) is 3. The maximum Gasteiger partial charge on any atom is 0.242 e. The Morgan fingerprint density at radius 2 is 1.97 bits per heavy atom. The summed E-state index contributed by atoms with van der Waals surface area (Å²) < 4.78 is 21.2. The number of amides is 1. The lowest BCUT2D eigenvalue weighted by molar-refractivity contribution is -0.121. The topological polar surface area (TPSA) is 69.0 Å². The molecule has 2 aromatic heterocycles. The van der Waals surface area contributed by atoms with E-state index in [9.17, 15) is 9.18 Å². The van der Waals surface area contributed by atoms with Crippen LogP contribution in [-0.4, -0.2) is 34.3 Å². The van der Waals surface area contributed by atoms with E-state index in [0.717, 1.165) is 27.9 Å². The van der Waals surface area contributed by atoms with Crippen molar-refractivity contribution in [2.24, 2.45) is 7.05 Å². The van der Waals surface area contributed by atoms with Gasteiger partial charge in [0.15, 0.2) is 5.65 Å². The van der Waals surface area contributed by atoms with Crippen LogP contribution < -0.4 is 10.1 Å². The number of methoxy groups -OCH3 is 1. The minimum absolute atomic E-state index is 0.0727. The van der Waals surface area contributed by atoms with Gasteiger partial charge in [0, 0.05) is 31.1 Å². The van der Waals surface area contributed by atoms with Crippen LogP contribution in [0.25, 0.3) is 11.0 Å². The number of carbonyl (C=O) groups is 1. The smallest absolute Gasteiger partial charge is 0.242 e. The highest BCUT2D eigenvalue weighted by Gasteiger charge is 2.25. The average Bonchev–Trinajstić information content (AvgIpc) is 3.02. The molecule has 7 heteroatoms. The minimum Gasteiger partial charge on any atom is -0.479 e. The van der Waals surface area contributed by atoms with Gasteiger partial charge in [0.05, 0.1) is 12.5 Å². The molecule has 3 aromatic rings. The first-order valence-electron chi connectivity index (χ1n) is 10.0. The summed E-state index contributed by atoms with van der Waals surface area (Å²) in [7, 11) is 3.42. The number of halogens is 1. The number of benzene rings is 1. The van der Waals surface area contributed by atoms with Crippen molar-refractivity contribution in [1.82, 2.24) is 20.1 Å². The summed E-state index contributed by atoms with van der Waals surface area (Å²) in [6.07, 6.45) is 0.884. The van der Waals surface area contributed by atoms with Crippen LogP contribution in [0.2, 0.25) is 0 Å². The highest BCUT2D eigenvalue weighted by Crippen LogP contribution is 2.30. The second kappa shape index (κ2) is 8.42. The van der Waals surface area contributed by atoms with Crippen LogP contribution in [0, 0.1) is 19.7 Å². The van der Waals surface area contributed by atoms with Gasteiger partial charge in [-0.25, -0.2) is 14.1 Å². The van der Waals surface area contributed by atoms with Crippen LogP contribution in [0.3, 0.4) is 0 Å². The van der Waals surface area contributed by atoms with E-state index in [-0.39, 0.29) is 11.7 Å². The van der Waals surface area contributed by atoms with Crippen molar-refractivity contribution in [3.63, 3.8) is 0 Å². The Labute approximate surface area is 176 Å². The second-order valence-electron chi connectivity index (χ2n) is 8.27. The molecule has 0 aliphatic carbocycles. The number of rotatable bonds is 7. The van der Waals surface area contributed by atoms with Crippen molar-refractivity contribution in [2.45, 2.75) is 46.0 Å². The Balaban J connectivity index is 1.70. The van der Waals surface area contributed by atoms with Crippen molar-refractivity contribution < 1.29 is 13.9 Å². The number of hydrogen-bond acceptors (Lipinski definition) is 4. The summed E-state index contributed by atoms with van der Waals surface area (Å²) in [5, 5.41) is 8.19. The van der Waals surface area contributed by atoms with E-state index in [1.165, 1.54) is 6.07 Å². The lowest BCUT2D eigenvalue weighted by Gasteiger charge is -2.26. The molecule has 0 fully saturated rings. The van der Waals surface area contributed by atoms with E-state index >= 15 is 0 Å². The molecule has 1 amide bonds. The fourth-order valence-corrected chi connectivity index (χ4v) is 3.86. The van der Waals surface area contributed by atoms with E-state index in [0.29, 0.717) is 30.8 Å². The van der Waals surface area contributed by atoms with Crippen LogP contribution in [-0.2, 0) is 23.7 Å². The molecule has 0 spiro atoms. The molecular weight excluding hydrogens is 383 g/mol. The third-order valence-electron chi connectivity index (χ3n) is 5.65. The lowest BCUT2D eigenvalue weighted by Crippen LogP contribution is -2.37. The summed E-state index contributed by atoms with van der Waals surface area (Å²) in [6.45, 7) is 8.16. The molecule has 1 N–H and O–H groups in total. The first-order valence-corrected chi connectivity index (χ1v) is 10.0. The van der Waals surface area contributed by atoms with Gasteiger partial charge < -0.3 is 10.1 Å². The molecule has 0 saturated carbocycles. The molecule has 3 rings (SSSR count). The zero-order valence-corrected chi connectivity index (χ0v) is 18.5. The maximum atomic E-state index is 14.1. The number of ether oxygens (including phenoxy) is 1. The molecule has 160 valence electrons. The van der Waals surface area contributed by atoms with Gasteiger partial charge in [-0.3, -0.25) is 4.79 Å². The number of hydrogen-bond donors (Lipinski definition) is 1. The fourth-order valence-electron chi connectivity index (χ4n) is 3.86. The second-order valence-corrected chi connectivity index (χ2v) is 8.27. The Bertz CT molecular complexity index is 1090. The zero-order chi connectivity index (χ0) is 22.1. The van der Waals surface area contributed by atoms with E-state index < -0.39 is 5.41 Å². The number of carbonyl (C=O) groups excluding carboxylic acids is 1. The van der Waals surface area contributed by atoms with E-state index in [1.54, 1.807) is 23.9 Å². The van der Waals surface area contributed by atoms with Crippen molar-refractivity contribution in [1.29, 1.82) is 0 Å². The SMILES string of the molecule is COc1nn(C)c2nc(C)c(CCC(=O)NCC(C)(C)c3ccccc3F)c(C)c12. The van der Waals surface area contributed by atoms with Crippen LogP contribution in [0.15, 0.2) is 24.3 Å². The predicted molar refractivity (Wildman–Crippen MR) is 115 cm³/mol. The Hall–Kier alpha value is -2.96. The largest absolute Gasteiger partial charge is 0.479 e. The Morgan fingerprint density at radius 1 is 1.27 bits per heavy atom. The van der Waals surface area contributed by atoms with Crippen molar-refractivity contribution in [3.8, 4) is 5.88 Å². The van der Waals surface area contributed by atoms with Gasteiger partial charge in [0.1, 0.15) is 5.82 Å². The van der Waals surface area contributed by atoms with Gasteiger partial charge in [-0.2, -0.15) is 0 Å². The van der Waals surface area contributed by atoms with Crippen molar-refractivity contribution >= 4 is 16.9 Å². The van der Waals surface area contributed by atoms with E-state index in [4.69, 9.17) is 4.74 Å². The first kappa shape index (κ1) is 21.7. The molecule has 0 saturated heterocycles. The van der Waals surface area contributed by atoms with Crippen molar-refractivity contribution in [3.05, 3.63) is 52.5 Å². The summed E-state index contributed by atoms with van der Waals surface area (Å²) in [5.41, 5.74) is 3.79. The molecule has 0 radical (unpaired) electrons. The van der Waals surface area contributed by atoms with Gasteiger partial charge in [-0.15, -0.1) is 5.10 Å². The number of aromatic nitrogens is 3. The number of pyridine rings is 1. The van der Waals surface area contributed by atoms with Crippen LogP contribution in [0.1, 0.15) is 42.7 Å². The Morgan fingerprint density at radius 3 is 2.63 bits per heavy atom. The summed E-state index contributed by atoms with van der Waals surface area (Å²) in [4.78, 5) is 17.2. The molecule has 0 atom stereocenters. The van der Waals surface area contributed by atoms with Gasteiger partial charge in [-0.05, 0) is 43.0 Å². The lowest BCUT2D eigenvalue weighted by atomic mass is 9.84. The molecule has 30 heavy (non-hydrogen) atoms. The highest BCUT2D eigenvalue weighted by molar-refractivity contribution is 5.86. The van der Waals surface area contributed by atoms with Gasteiger partial charge >= 0.3 is 0 Å². The molecule has 6 nitrogen and oxygen atoms in total. The molecule has 0 bridgehead atoms. The van der Waals surface area contributed by atoms with Crippen LogP contribution in [0.5, 0.6) is 5.88 Å². The first-order chi connectivity index (χ1) is 14.2. The molecular formula is C23H29FN4O2. The quantitative estimate of drug-likeness (QED) is 0.642. The molecule has 0 aliphatic rings. The number of aryl methyl sites for hydroxylation is 3. The van der Waals surface area contributed by atoms with Crippen LogP contribution >= 0.6 is 0 Å². The van der Waals surface area contributed by atoms with Gasteiger partial charge in [0.2, 0.25) is 11.8 Å². The van der Waals surface area contributed by atoms with E-state index in [2.05, 4.69) is 15.4 Å². The van der Waals surface area contributed by atoms with Crippen LogP contribution in [0.4, 0.5) is 4.39 Å². The molecule has 0 unspecified atom stereocenters. The summed E-state index contributed by atoms with van der Waals surface area (Å²) in [5.74, 6) is 0.207. The number of nitrogens with one attached hydrogen (secondary N) is 1. The average molecular weight is 413 g/mol. The third-order valence-corrected chi connectivity index (χ3v) is 5.65.